The summed E-state index contributed by atoms with van der Waals surface area (Å²) in [6.45, 7) is 7.87. The number of allylic oxidation sites excluding steroid dienone is 1. The van der Waals surface area contributed by atoms with Gasteiger partial charge in [-0.15, -0.1) is 6.58 Å². The summed E-state index contributed by atoms with van der Waals surface area (Å²) < 4.78 is 32.1. The lowest BCUT2D eigenvalue weighted by molar-refractivity contribution is -0.0696. The van der Waals surface area contributed by atoms with Gasteiger partial charge in [-0.25, -0.2) is 12.7 Å². The van der Waals surface area contributed by atoms with Gasteiger partial charge < -0.3 is 4.74 Å². The molecule has 21 heavy (non-hydrogen) atoms. The average molecular weight is 315 g/mol. The minimum Gasteiger partial charge on any atom is -0.378 e. The maximum atomic E-state index is 12.4. The minimum absolute atomic E-state index is 0.218. The summed E-state index contributed by atoms with van der Waals surface area (Å²) in [5.74, 6) is 0.301. The van der Waals surface area contributed by atoms with Crippen molar-refractivity contribution in [3.05, 3.63) is 12.7 Å². The predicted octanol–water partition coefficient (Wildman–Crippen LogP) is 2.95. The Balaban J connectivity index is 1.74. The van der Waals surface area contributed by atoms with Crippen LogP contribution in [-0.4, -0.2) is 44.3 Å². The van der Waals surface area contributed by atoms with Gasteiger partial charge in [0.25, 0.3) is 0 Å². The lowest BCUT2D eigenvalue weighted by Crippen LogP contribution is -2.45. The Kier molecular flexibility index (Phi) is 5.86. The van der Waals surface area contributed by atoms with Gasteiger partial charge in [0.15, 0.2) is 0 Å². The van der Waals surface area contributed by atoms with Gasteiger partial charge in [0.2, 0.25) is 10.0 Å². The molecule has 0 aromatic rings. The highest BCUT2D eigenvalue weighted by Crippen LogP contribution is 2.50. The van der Waals surface area contributed by atoms with Crippen molar-refractivity contribution in [2.24, 2.45) is 5.41 Å². The van der Waals surface area contributed by atoms with Crippen molar-refractivity contribution in [2.75, 3.05) is 25.4 Å². The number of nitrogens with zero attached hydrogens (tertiary/aromatic N) is 1. The van der Waals surface area contributed by atoms with Crippen LogP contribution >= 0.6 is 0 Å². The number of ether oxygens (including phenoxy) is 1. The molecule has 1 aliphatic heterocycles. The molecule has 1 heterocycles. The van der Waals surface area contributed by atoms with Gasteiger partial charge in [-0.3, -0.25) is 0 Å². The van der Waals surface area contributed by atoms with Gasteiger partial charge in [0, 0.05) is 19.7 Å². The van der Waals surface area contributed by atoms with E-state index in [4.69, 9.17) is 4.74 Å². The van der Waals surface area contributed by atoms with Gasteiger partial charge in [0.1, 0.15) is 0 Å². The molecule has 0 atom stereocenters. The molecule has 2 aliphatic rings. The molecule has 0 aromatic carbocycles. The van der Waals surface area contributed by atoms with Crippen LogP contribution in [0.1, 0.15) is 51.9 Å². The first-order valence-corrected chi connectivity index (χ1v) is 9.82. The molecule has 0 radical (unpaired) electrons. The number of rotatable bonds is 9. The van der Waals surface area contributed by atoms with Crippen molar-refractivity contribution in [1.29, 1.82) is 0 Å². The van der Waals surface area contributed by atoms with E-state index in [9.17, 15) is 8.42 Å². The van der Waals surface area contributed by atoms with Crippen LogP contribution in [0.2, 0.25) is 0 Å². The first-order valence-electron chi connectivity index (χ1n) is 8.22. The Bertz CT molecular complexity index is 440. The van der Waals surface area contributed by atoms with Crippen molar-refractivity contribution in [1.82, 2.24) is 4.31 Å². The van der Waals surface area contributed by atoms with Crippen molar-refractivity contribution in [2.45, 2.75) is 58.0 Å². The second-order valence-corrected chi connectivity index (χ2v) is 8.61. The average Bonchev–Trinajstić information content (AvgIpc) is 2.84. The fourth-order valence-corrected chi connectivity index (χ4v) is 5.27. The SMILES string of the molecule is C=CCCCCCS(=O)(=O)N1CCC2(CC(OCC)C2)C1. The summed E-state index contributed by atoms with van der Waals surface area (Å²) in [5.41, 5.74) is 0.218. The lowest BCUT2D eigenvalue weighted by Gasteiger charge is -2.44. The van der Waals surface area contributed by atoms with Crippen LogP contribution in [0.5, 0.6) is 0 Å². The predicted molar refractivity (Wildman–Crippen MR) is 85.7 cm³/mol. The molecule has 2 rings (SSSR count). The van der Waals surface area contributed by atoms with Crippen molar-refractivity contribution in [3.63, 3.8) is 0 Å². The maximum Gasteiger partial charge on any atom is 0.214 e. The van der Waals surface area contributed by atoms with E-state index < -0.39 is 10.0 Å². The maximum absolute atomic E-state index is 12.4. The summed E-state index contributed by atoms with van der Waals surface area (Å²) in [7, 11) is -3.06. The Morgan fingerprint density at radius 2 is 2.10 bits per heavy atom. The summed E-state index contributed by atoms with van der Waals surface area (Å²) in [6.07, 6.45) is 9.08. The van der Waals surface area contributed by atoms with Gasteiger partial charge in [-0.2, -0.15) is 0 Å². The Labute approximate surface area is 129 Å². The molecule has 0 N–H and O–H groups in total. The van der Waals surface area contributed by atoms with E-state index in [1.165, 1.54) is 0 Å². The molecule has 1 aliphatic carbocycles. The van der Waals surface area contributed by atoms with Crippen molar-refractivity contribution in [3.8, 4) is 0 Å². The van der Waals surface area contributed by atoms with E-state index in [1.807, 2.05) is 13.0 Å². The Morgan fingerprint density at radius 3 is 2.76 bits per heavy atom. The molecule has 0 amide bonds. The van der Waals surface area contributed by atoms with Crippen LogP contribution in [0.25, 0.3) is 0 Å². The van der Waals surface area contributed by atoms with E-state index in [-0.39, 0.29) is 5.41 Å². The second-order valence-electron chi connectivity index (χ2n) is 6.52. The largest absolute Gasteiger partial charge is 0.378 e. The zero-order valence-corrected chi connectivity index (χ0v) is 14.0. The number of sulfonamides is 1. The Hall–Kier alpha value is -0.390. The van der Waals surface area contributed by atoms with E-state index in [1.54, 1.807) is 4.31 Å². The molecule has 0 unspecified atom stereocenters. The summed E-state index contributed by atoms with van der Waals surface area (Å²) in [4.78, 5) is 0. The molecule has 122 valence electrons. The van der Waals surface area contributed by atoms with E-state index >= 15 is 0 Å². The van der Waals surface area contributed by atoms with E-state index in [2.05, 4.69) is 6.58 Å². The standard InChI is InChI=1S/C16H29NO3S/c1-3-5-6-7-8-11-21(18,19)17-10-9-16(14-17)12-15(13-16)20-4-2/h3,15H,1,4-14H2,2H3. The van der Waals surface area contributed by atoms with Gasteiger partial charge in [0.05, 0.1) is 11.9 Å². The molecule has 4 nitrogen and oxygen atoms in total. The number of hydrogen-bond donors (Lipinski definition) is 0. The third-order valence-corrected chi connectivity index (χ3v) is 6.73. The van der Waals surface area contributed by atoms with Crippen LogP contribution in [0.4, 0.5) is 0 Å². The molecule has 0 bridgehead atoms. The number of hydrogen-bond acceptors (Lipinski definition) is 3. The normalized spacial score (nSPS) is 29.7. The summed E-state index contributed by atoms with van der Waals surface area (Å²) in [6, 6.07) is 0. The molecule has 1 spiro atoms. The van der Waals surface area contributed by atoms with E-state index in [0.29, 0.717) is 24.9 Å². The highest BCUT2D eigenvalue weighted by Gasteiger charge is 2.50. The molecule has 1 saturated heterocycles. The van der Waals surface area contributed by atoms with Crippen LogP contribution in [0.3, 0.4) is 0 Å². The molecule has 1 saturated carbocycles. The number of unbranched alkanes of at least 4 members (excludes halogenated alkanes) is 3. The van der Waals surface area contributed by atoms with Gasteiger partial charge in [-0.1, -0.05) is 12.5 Å². The summed E-state index contributed by atoms with van der Waals surface area (Å²) in [5, 5.41) is 0. The topological polar surface area (TPSA) is 46.6 Å². The molecule has 5 heteroatoms. The molecule has 0 aromatic heterocycles. The van der Waals surface area contributed by atoms with Crippen LogP contribution in [0, 0.1) is 5.41 Å². The van der Waals surface area contributed by atoms with Crippen LogP contribution in [-0.2, 0) is 14.8 Å². The van der Waals surface area contributed by atoms with Crippen molar-refractivity contribution >= 4 is 10.0 Å². The highest BCUT2D eigenvalue weighted by molar-refractivity contribution is 7.89. The highest BCUT2D eigenvalue weighted by atomic mass is 32.2. The fraction of sp³-hybridized carbons (Fsp3) is 0.875. The van der Waals surface area contributed by atoms with Gasteiger partial charge >= 0.3 is 0 Å². The quantitative estimate of drug-likeness (QED) is 0.485. The van der Waals surface area contributed by atoms with Gasteiger partial charge in [-0.05, 0) is 50.9 Å². The zero-order chi connectivity index (χ0) is 15.3. The fourth-order valence-electron chi connectivity index (χ4n) is 3.60. The molecule has 2 fully saturated rings. The second kappa shape index (κ2) is 7.25. The minimum atomic E-state index is -3.06. The molecular weight excluding hydrogens is 286 g/mol. The first-order chi connectivity index (χ1) is 10.0. The smallest absolute Gasteiger partial charge is 0.214 e. The third kappa shape index (κ3) is 4.30. The van der Waals surface area contributed by atoms with Crippen LogP contribution in [0.15, 0.2) is 12.7 Å². The Morgan fingerprint density at radius 1 is 1.33 bits per heavy atom. The first kappa shape index (κ1) is 17.0. The molecular formula is C16H29NO3S. The monoisotopic (exact) mass is 315 g/mol. The van der Waals surface area contributed by atoms with E-state index in [0.717, 1.165) is 51.6 Å². The lowest BCUT2D eigenvalue weighted by atomic mass is 9.66. The van der Waals surface area contributed by atoms with Crippen molar-refractivity contribution < 1.29 is 13.2 Å². The third-order valence-electron chi connectivity index (χ3n) is 4.83. The summed E-state index contributed by atoms with van der Waals surface area (Å²) >= 11 is 0. The zero-order valence-electron chi connectivity index (χ0n) is 13.2. The van der Waals surface area contributed by atoms with Crippen LogP contribution < -0.4 is 0 Å².